The molecule has 2 aromatic rings. The van der Waals surface area contributed by atoms with Crippen molar-refractivity contribution in [3.05, 3.63) is 59.8 Å². The Morgan fingerprint density at radius 1 is 1.30 bits per heavy atom. The van der Waals surface area contributed by atoms with Crippen molar-refractivity contribution in [1.29, 1.82) is 0 Å². The van der Waals surface area contributed by atoms with Crippen LogP contribution in [0.5, 0.6) is 0 Å². The smallest absolute Gasteiger partial charge is 0.315 e. The first kappa shape index (κ1) is 15.6. The summed E-state index contributed by atoms with van der Waals surface area (Å²) in [6.07, 6.45) is 3.27. The van der Waals surface area contributed by atoms with Crippen LogP contribution in [0.2, 0.25) is 0 Å². The molecule has 0 bridgehead atoms. The van der Waals surface area contributed by atoms with Crippen molar-refractivity contribution in [1.82, 2.24) is 10.6 Å². The number of carbonyl (C=O) groups excluding carboxylic acids is 1. The minimum Gasteiger partial charge on any atom is -0.467 e. The minimum absolute atomic E-state index is 0.102. The van der Waals surface area contributed by atoms with Gasteiger partial charge in [0, 0.05) is 6.61 Å². The van der Waals surface area contributed by atoms with Crippen molar-refractivity contribution in [2.75, 3.05) is 6.61 Å². The summed E-state index contributed by atoms with van der Waals surface area (Å²) in [4.78, 5) is 12.2. The molecule has 2 N–H and O–H groups in total. The van der Waals surface area contributed by atoms with Gasteiger partial charge in [-0.2, -0.15) is 0 Å². The molecule has 1 aromatic heterocycles. The van der Waals surface area contributed by atoms with Crippen molar-refractivity contribution in [3.63, 3.8) is 0 Å². The third kappa shape index (κ3) is 4.10. The first-order valence-corrected chi connectivity index (χ1v) is 7.66. The van der Waals surface area contributed by atoms with E-state index in [1.165, 1.54) is 12.1 Å². The molecule has 23 heavy (non-hydrogen) atoms. The zero-order valence-electron chi connectivity index (χ0n) is 12.6. The van der Waals surface area contributed by atoms with Crippen molar-refractivity contribution < 1.29 is 18.3 Å². The molecule has 0 unspecified atom stereocenters. The number of hydrogen-bond donors (Lipinski definition) is 2. The van der Waals surface area contributed by atoms with E-state index in [4.69, 9.17) is 9.15 Å². The Morgan fingerprint density at radius 3 is 2.78 bits per heavy atom. The maximum absolute atomic E-state index is 13.1. The maximum atomic E-state index is 13.1. The standard InChI is InChI=1S/C17H19FN2O3/c18-13-7-5-12(6-8-13)16(15-4-2-10-23-15)20-17(21)19-11-14-3-1-9-22-14/h1,3,5-9,15-16H,2,4,10-11H2,(H2,19,20,21)/t15-,16+/m0/s1. The molecule has 1 aliphatic heterocycles. The molecule has 0 spiro atoms. The topological polar surface area (TPSA) is 63.5 Å². The molecule has 0 aliphatic carbocycles. The average molecular weight is 318 g/mol. The SMILES string of the molecule is O=C(NCc1ccco1)N[C@H](c1ccc(F)cc1)[C@@H]1CCCO1. The van der Waals surface area contributed by atoms with Crippen LogP contribution in [0.25, 0.3) is 0 Å². The van der Waals surface area contributed by atoms with Crippen LogP contribution in [0, 0.1) is 5.82 Å². The van der Waals surface area contributed by atoms with Gasteiger partial charge in [-0.15, -0.1) is 0 Å². The van der Waals surface area contributed by atoms with Crippen LogP contribution in [0.15, 0.2) is 47.1 Å². The van der Waals surface area contributed by atoms with E-state index in [1.54, 1.807) is 30.5 Å². The fourth-order valence-electron chi connectivity index (χ4n) is 2.70. The van der Waals surface area contributed by atoms with Gasteiger partial charge in [-0.25, -0.2) is 9.18 Å². The fraction of sp³-hybridized carbons (Fsp3) is 0.353. The highest BCUT2D eigenvalue weighted by Crippen LogP contribution is 2.27. The number of halogens is 1. The Hall–Kier alpha value is -2.34. The Labute approximate surface area is 133 Å². The van der Waals surface area contributed by atoms with Crippen LogP contribution in [0.3, 0.4) is 0 Å². The number of nitrogens with one attached hydrogen (secondary N) is 2. The predicted octanol–water partition coefficient (Wildman–Crippen LogP) is 3.14. The number of furan rings is 1. The molecule has 2 atom stereocenters. The molecule has 6 heteroatoms. The molecule has 1 aliphatic rings. The van der Waals surface area contributed by atoms with Gasteiger partial charge in [0.1, 0.15) is 11.6 Å². The summed E-state index contributed by atoms with van der Waals surface area (Å²) in [5.74, 6) is 0.373. The van der Waals surface area contributed by atoms with E-state index in [1.807, 2.05) is 0 Å². The normalized spacial score (nSPS) is 18.6. The van der Waals surface area contributed by atoms with E-state index in [0.29, 0.717) is 18.9 Å². The molecule has 2 amide bonds. The van der Waals surface area contributed by atoms with Crippen LogP contribution in [0.4, 0.5) is 9.18 Å². The monoisotopic (exact) mass is 318 g/mol. The molecular formula is C17H19FN2O3. The second kappa shape index (κ2) is 7.28. The summed E-state index contributed by atoms with van der Waals surface area (Å²) in [5.41, 5.74) is 0.825. The highest BCUT2D eigenvalue weighted by atomic mass is 19.1. The molecule has 3 rings (SSSR count). The van der Waals surface area contributed by atoms with Gasteiger partial charge in [-0.3, -0.25) is 0 Å². The molecule has 122 valence electrons. The quantitative estimate of drug-likeness (QED) is 0.890. The lowest BCUT2D eigenvalue weighted by atomic mass is 9.99. The third-order valence-electron chi connectivity index (χ3n) is 3.86. The summed E-state index contributed by atoms with van der Waals surface area (Å²) in [5, 5.41) is 5.66. The van der Waals surface area contributed by atoms with Crippen molar-refractivity contribution in [2.24, 2.45) is 0 Å². The van der Waals surface area contributed by atoms with E-state index < -0.39 is 0 Å². The summed E-state index contributed by atoms with van der Waals surface area (Å²) < 4.78 is 24.0. The fourth-order valence-corrected chi connectivity index (χ4v) is 2.70. The lowest BCUT2D eigenvalue weighted by Gasteiger charge is -2.24. The second-order valence-corrected chi connectivity index (χ2v) is 5.49. The van der Waals surface area contributed by atoms with Crippen molar-refractivity contribution >= 4 is 6.03 Å². The van der Waals surface area contributed by atoms with E-state index in [9.17, 15) is 9.18 Å². The summed E-state index contributed by atoms with van der Waals surface area (Å²) in [6, 6.07) is 9.06. The zero-order chi connectivity index (χ0) is 16.1. The molecule has 0 radical (unpaired) electrons. The molecule has 1 fully saturated rings. The highest BCUT2D eigenvalue weighted by molar-refractivity contribution is 5.74. The van der Waals surface area contributed by atoms with Crippen LogP contribution in [0.1, 0.15) is 30.2 Å². The molecule has 2 heterocycles. The Balaban J connectivity index is 1.65. The number of amides is 2. The zero-order valence-corrected chi connectivity index (χ0v) is 12.6. The Kier molecular flexibility index (Phi) is 4.92. The Bertz CT molecular complexity index is 622. The van der Waals surface area contributed by atoms with E-state index in [0.717, 1.165) is 18.4 Å². The maximum Gasteiger partial charge on any atom is 0.315 e. The largest absolute Gasteiger partial charge is 0.467 e. The first-order valence-electron chi connectivity index (χ1n) is 7.66. The summed E-state index contributed by atoms with van der Waals surface area (Å²) in [6.45, 7) is 0.985. The molecule has 1 saturated heterocycles. The van der Waals surface area contributed by atoms with E-state index >= 15 is 0 Å². The first-order chi connectivity index (χ1) is 11.2. The van der Waals surface area contributed by atoms with Crippen LogP contribution in [-0.2, 0) is 11.3 Å². The van der Waals surface area contributed by atoms with Gasteiger partial charge >= 0.3 is 6.03 Å². The number of benzene rings is 1. The number of carbonyl (C=O) groups is 1. The van der Waals surface area contributed by atoms with Crippen molar-refractivity contribution in [3.8, 4) is 0 Å². The van der Waals surface area contributed by atoms with Crippen LogP contribution in [-0.4, -0.2) is 18.7 Å². The minimum atomic E-state index is -0.314. The average Bonchev–Trinajstić information content (AvgIpc) is 3.25. The van der Waals surface area contributed by atoms with Gasteiger partial charge in [-0.05, 0) is 42.7 Å². The third-order valence-corrected chi connectivity index (χ3v) is 3.86. The van der Waals surface area contributed by atoms with Gasteiger partial charge in [0.25, 0.3) is 0 Å². The number of hydrogen-bond acceptors (Lipinski definition) is 3. The predicted molar refractivity (Wildman–Crippen MR) is 82.2 cm³/mol. The lowest BCUT2D eigenvalue weighted by molar-refractivity contribution is 0.0807. The Morgan fingerprint density at radius 2 is 2.13 bits per heavy atom. The van der Waals surface area contributed by atoms with Crippen molar-refractivity contribution in [2.45, 2.75) is 31.5 Å². The molecule has 0 saturated carbocycles. The van der Waals surface area contributed by atoms with E-state index in [-0.39, 0.29) is 24.0 Å². The van der Waals surface area contributed by atoms with Gasteiger partial charge in [0.15, 0.2) is 0 Å². The second-order valence-electron chi connectivity index (χ2n) is 5.49. The van der Waals surface area contributed by atoms with Gasteiger partial charge in [-0.1, -0.05) is 12.1 Å². The van der Waals surface area contributed by atoms with Crippen LogP contribution >= 0.6 is 0 Å². The number of urea groups is 1. The summed E-state index contributed by atoms with van der Waals surface area (Å²) >= 11 is 0. The summed E-state index contributed by atoms with van der Waals surface area (Å²) in [7, 11) is 0. The molecule has 5 nitrogen and oxygen atoms in total. The number of rotatable bonds is 5. The van der Waals surface area contributed by atoms with E-state index in [2.05, 4.69) is 10.6 Å². The molecule has 1 aromatic carbocycles. The molecular weight excluding hydrogens is 299 g/mol. The van der Waals surface area contributed by atoms with Gasteiger partial charge in [0.05, 0.1) is 25.0 Å². The number of ether oxygens (including phenoxy) is 1. The lowest BCUT2D eigenvalue weighted by Crippen LogP contribution is -2.41. The highest BCUT2D eigenvalue weighted by Gasteiger charge is 2.28. The van der Waals surface area contributed by atoms with Crippen LogP contribution < -0.4 is 10.6 Å². The van der Waals surface area contributed by atoms with Gasteiger partial charge < -0.3 is 19.8 Å². The van der Waals surface area contributed by atoms with Gasteiger partial charge in [0.2, 0.25) is 0 Å².